The van der Waals surface area contributed by atoms with Crippen LogP contribution in [0.2, 0.25) is 10.0 Å². The molecule has 4 nitrogen and oxygen atoms in total. The molecule has 1 N–H and O–H groups in total. The highest BCUT2D eigenvalue weighted by Crippen LogP contribution is 2.51. The maximum atomic E-state index is 11.4. The van der Waals surface area contributed by atoms with Crippen LogP contribution < -0.4 is 0 Å². The van der Waals surface area contributed by atoms with E-state index in [1.54, 1.807) is 23.1 Å². The van der Waals surface area contributed by atoms with E-state index in [1.165, 1.54) is 6.33 Å². The molecule has 1 unspecified atom stereocenters. The van der Waals surface area contributed by atoms with E-state index in [2.05, 4.69) is 23.9 Å². The second kappa shape index (κ2) is 5.93. The zero-order valence-electron chi connectivity index (χ0n) is 13.1. The van der Waals surface area contributed by atoms with Crippen molar-refractivity contribution in [2.75, 3.05) is 0 Å². The molecule has 2 aromatic rings. The van der Waals surface area contributed by atoms with Crippen molar-refractivity contribution >= 4 is 29.3 Å². The Kier molecular flexibility index (Phi) is 4.25. The van der Waals surface area contributed by atoms with Crippen molar-refractivity contribution in [3.8, 4) is 0 Å². The molecule has 1 fully saturated rings. The molecule has 0 bridgehead atoms. The van der Waals surface area contributed by atoms with Gasteiger partial charge < -0.3 is 5.11 Å². The summed E-state index contributed by atoms with van der Waals surface area (Å²) < 4.78 is 1.67. The van der Waals surface area contributed by atoms with Crippen LogP contribution in [0.4, 0.5) is 0 Å². The number of aliphatic hydroxyl groups is 1. The van der Waals surface area contributed by atoms with E-state index < -0.39 is 5.60 Å². The number of benzene rings is 1. The molecule has 1 heterocycles. The summed E-state index contributed by atoms with van der Waals surface area (Å²) in [4.78, 5) is 3.96. The van der Waals surface area contributed by atoms with E-state index in [0.717, 1.165) is 24.0 Å². The average molecular weight is 352 g/mol. The van der Waals surface area contributed by atoms with Gasteiger partial charge in [-0.25, -0.2) is 9.67 Å². The number of halogens is 2. The first kappa shape index (κ1) is 16.5. The number of aromatic nitrogens is 3. The first-order valence-corrected chi connectivity index (χ1v) is 8.28. The Hall–Kier alpha value is -1.36. The number of rotatable bonds is 3. The van der Waals surface area contributed by atoms with Crippen molar-refractivity contribution in [3.63, 3.8) is 0 Å². The average Bonchev–Trinajstić information content (AvgIpc) is 3.04. The summed E-state index contributed by atoms with van der Waals surface area (Å²) in [5.74, 6) is 0. The lowest BCUT2D eigenvalue weighted by molar-refractivity contribution is -0.0298. The fourth-order valence-corrected chi connectivity index (χ4v) is 3.62. The molecule has 1 aliphatic rings. The van der Waals surface area contributed by atoms with Crippen molar-refractivity contribution in [1.29, 1.82) is 0 Å². The maximum Gasteiger partial charge on any atom is 0.137 e. The van der Waals surface area contributed by atoms with Crippen LogP contribution in [0.25, 0.3) is 6.08 Å². The highest BCUT2D eigenvalue weighted by atomic mass is 35.5. The van der Waals surface area contributed by atoms with Crippen LogP contribution in [0.15, 0.2) is 36.4 Å². The van der Waals surface area contributed by atoms with E-state index in [-0.39, 0.29) is 5.41 Å². The molecule has 3 rings (SSSR count). The predicted octanol–water partition coefficient (Wildman–Crippen LogP) is 4.22. The van der Waals surface area contributed by atoms with Gasteiger partial charge in [0.1, 0.15) is 18.3 Å². The minimum Gasteiger partial charge on any atom is -0.383 e. The Morgan fingerprint density at radius 3 is 2.78 bits per heavy atom. The highest BCUT2D eigenvalue weighted by Gasteiger charge is 2.51. The SMILES string of the molecule is CC1(C)CCC(=Cc2ccc(Cl)cc2Cl)C1(O)Cn1cncn1. The molecule has 0 amide bonds. The predicted molar refractivity (Wildman–Crippen MR) is 92.4 cm³/mol. The standard InChI is InChI=1S/C17H19Cl2N3O/c1-16(2)6-5-13(7-12-3-4-14(18)8-15(12)19)17(16,23)9-22-11-20-10-21-22/h3-4,7-8,10-11,23H,5-6,9H2,1-2H3. The van der Waals surface area contributed by atoms with E-state index in [1.807, 2.05) is 12.1 Å². The second-order valence-corrected chi connectivity index (χ2v) is 7.52. The van der Waals surface area contributed by atoms with E-state index in [0.29, 0.717) is 16.6 Å². The summed E-state index contributed by atoms with van der Waals surface area (Å²) in [5.41, 5.74) is 0.566. The molecule has 1 atom stereocenters. The molecule has 0 saturated heterocycles. The highest BCUT2D eigenvalue weighted by molar-refractivity contribution is 6.35. The fourth-order valence-electron chi connectivity index (χ4n) is 3.16. The summed E-state index contributed by atoms with van der Waals surface area (Å²) in [7, 11) is 0. The Morgan fingerprint density at radius 1 is 1.35 bits per heavy atom. The van der Waals surface area contributed by atoms with Gasteiger partial charge in [-0.3, -0.25) is 0 Å². The third-order valence-corrected chi connectivity index (χ3v) is 5.38. The topological polar surface area (TPSA) is 50.9 Å². The molecule has 1 aromatic heterocycles. The maximum absolute atomic E-state index is 11.4. The van der Waals surface area contributed by atoms with Crippen LogP contribution in [0, 0.1) is 5.41 Å². The molecule has 1 saturated carbocycles. The third kappa shape index (κ3) is 3.03. The zero-order valence-corrected chi connectivity index (χ0v) is 14.6. The van der Waals surface area contributed by atoms with Gasteiger partial charge in [0.25, 0.3) is 0 Å². The Morgan fingerprint density at radius 2 is 2.13 bits per heavy atom. The van der Waals surface area contributed by atoms with Gasteiger partial charge in [0.15, 0.2) is 0 Å². The molecule has 1 aliphatic carbocycles. The number of nitrogens with zero attached hydrogens (tertiary/aromatic N) is 3. The van der Waals surface area contributed by atoms with Crippen LogP contribution in [-0.4, -0.2) is 25.5 Å². The molecular formula is C17H19Cl2N3O. The number of hydrogen-bond donors (Lipinski definition) is 1. The minimum absolute atomic E-state index is 0.260. The molecular weight excluding hydrogens is 333 g/mol. The van der Waals surface area contributed by atoms with Gasteiger partial charge in [0.05, 0.1) is 6.54 Å². The smallest absolute Gasteiger partial charge is 0.137 e. The Labute approximate surface area is 145 Å². The molecule has 0 aliphatic heterocycles. The van der Waals surface area contributed by atoms with Gasteiger partial charge >= 0.3 is 0 Å². The van der Waals surface area contributed by atoms with Gasteiger partial charge in [0, 0.05) is 10.0 Å². The van der Waals surface area contributed by atoms with E-state index in [4.69, 9.17) is 23.2 Å². The summed E-state index contributed by atoms with van der Waals surface area (Å²) in [6.45, 7) is 4.53. The van der Waals surface area contributed by atoms with Gasteiger partial charge in [-0.05, 0) is 41.5 Å². The first-order valence-electron chi connectivity index (χ1n) is 7.53. The van der Waals surface area contributed by atoms with Crippen molar-refractivity contribution in [2.45, 2.75) is 38.8 Å². The van der Waals surface area contributed by atoms with Gasteiger partial charge in [-0.2, -0.15) is 5.10 Å². The minimum atomic E-state index is -0.996. The normalized spacial score (nSPS) is 25.2. The summed E-state index contributed by atoms with van der Waals surface area (Å²) in [6.07, 6.45) is 6.79. The molecule has 6 heteroatoms. The third-order valence-electron chi connectivity index (χ3n) is 4.82. The monoisotopic (exact) mass is 351 g/mol. The second-order valence-electron chi connectivity index (χ2n) is 6.67. The molecule has 23 heavy (non-hydrogen) atoms. The van der Waals surface area contributed by atoms with Crippen LogP contribution in [0.3, 0.4) is 0 Å². The Balaban J connectivity index is 2.01. The molecule has 0 radical (unpaired) electrons. The largest absolute Gasteiger partial charge is 0.383 e. The van der Waals surface area contributed by atoms with E-state index >= 15 is 0 Å². The van der Waals surface area contributed by atoms with Crippen molar-refractivity contribution in [1.82, 2.24) is 14.8 Å². The summed E-state index contributed by atoms with van der Waals surface area (Å²) in [6, 6.07) is 5.39. The van der Waals surface area contributed by atoms with Crippen LogP contribution in [0.5, 0.6) is 0 Å². The van der Waals surface area contributed by atoms with Crippen molar-refractivity contribution < 1.29 is 5.11 Å². The number of hydrogen-bond acceptors (Lipinski definition) is 3. The molecule has 122 valence electrons. The molecule has 0 spiro atoms. The lowest BCUT2D eigenvalue weighted by atomic mass is 9.76. The Bertz CT molecular complexity index is 740. The van der Waals surface area contributed by atoms with Crippen LogP contribution in [-0.2, 0) is 6.54 Å². The lowest BCUT2D eigenvalue weighted by Gasteiger charge is -2.37. The van der Waals surface area contributed by atoms with E-state index in [9.17, 15) is 5.11 Å². The fraction of sp³-hybridized carbons (Fsp3) is 0.412. The quantitative estimate of drug-likeness (QED) is 0.900. The van der Waals surface area contributed by atoms with Crippen LogP contribution in [0.1, 0.15) is 32.3 Å². The summed E-state index contributed by atoms with van der Waals surface area (Å²) in [5, 5.41) is 16.7. The summed E-state index contributed by atoms with van der Waals surface area (Å²) >= 11 is 12.2. The van der Waals surface area contributed by atoms with Gasteiger partial charge in [-0.15, -0.1) is 0 Å². The lowest BCUT2D eigenvalue weighted by Crippen LogP contribution is -2.45. The van der Waals surface area contributed by atoms with Crippen LogP contribution >= 0.6 is 23.2 Å². The van der Waals surface area contributed by atoms with Gasteiger partial charge in [0.2, 0.25) is 0 Å². The molecule has 1 aromatic carbocycles. The zero-order chi connectivity index (χ0) is 16.7. The van der Waals surface area contributed by atoms with Crippen molar-refractivity contribution in [3.05, 3.63) is 52.0 Å². The first-order chi connectivity index (χ1) is 10.8. The van der Waals surface area contributed by atoms with Crippen molar-refractivity contribution in [2.24, 2.45) is 5.41 Å². The van der Waals surface area contributed by atoms with Gasteiger partial charge in [-0.1, -0.05) is 49.2 Å².